The van der Waals surface area contributed by atoms with E-state index >= 15 is 0 Å². The summed E-state index contributed by atoms with van der Waals surface area (Å²) in [5.74, 6) is -1.11. The van der Waals surface area contributed by atoms with Crippen LogP contribution in [0.15, 0.2) is 12.5 Å². The summed E-state index contributed by atoms with van der Waals surface area (Å²) < 4.78 is 29.0. The van der Waals surface area contributed by atoms with E-state index < -0.39 is 16.2 Å². The van der Waals surface area contributed by atoms with E-state index in [1.165, 1.54) is 17.1 Å². The molecule has 1 heterocycles. The molecule has 18 heavy (non-hydrogen) atoms. The summed E-state index contributed by atoms with van der Waals surface area (Å²) in [6.45, 7) is 3.89. The third-order valence-electron chi connectivity index (χ3n) is 1.91. The Morgan fingerprint density at radius 3 is 2.72 bits per heavy atom. The van der Waals surface area contributed by atoms with Crippen LogP contribution in [-0.4, -0.2) is 41.6 Å². The molecule has 0 aromatic carbocycles. The molecule has 0 aliphatic heterocycles. The summed E-state index contributed by atoms with van der Waals surface area (Å²) >= 11 is 0. The molecule has 1 aromatic heterocycles. The molecule has 0 saturated carbocycles. The van der Waals surface area contributed by atoms with E-state index in [1.807, 2.05) is 0 Å². The van der Waals surface area contributed by atoms with Gasteiger partial charge in [0.15, 0.2) is 5.69 Å². The molecule has 0 atom stereocenters. The first-order valence-corrected chi connectivity index (χ1v) is 6.80. The minimum atomic E-state index is -3.51. The van der Waals surface area contributed by atoms with E-state index in [9.17, 15) is 13.2 Å². The molecule has 0 amide bonds. The number of carbonyl (C=O) groups is 1. The lowest BCUT2D eigenvalue weighted by Crippen LogP contribution is -2.41. The number of hydrogen-bond acceptors (Lipinski definition) is 4. The van der Waals surface area contributed by atoms with Gasteiger partial charge in [-0.25, -0.2) is 14.5 Å². The van der Waals surface area contributed by atoms with Crippen LogP contribution in [-0.2, 0) is 16.8 Å². The van der Waals surface area contributed by atoms with E-state index in [4.69, 9.17) is 5.11 Å². The number of imidazole rings is 1. The zero-order valence-electron chi connectivity index (χ0n) is 10.1. The second-order valence-corrected chi connectivity index (χ2v) is 5.50. The Balaban J connectivity index is 2.44. The van der Waals surface area contributed by atoms with Gasteiger partial charge < -0.3 is 9.67 Å². The maximum absolute atomic E-state index is 11.4. The van der Waals surface area contributed by atoms with Crippen LogP contribution in [0, 0.1) is 0 Å². The van der Waals surface area contributed by atoms with E-state index in [2.05, 4.69) is 14.4 Å². The fourth-order valence-electron chi connectivity index (χ4n) is 1.25. The smallest absolute Gasteiger partial charge is 0.356 e. The Kier molecular flexibility index (Phi) is 4.82. The predicted octanol–water partition coefficient (Wildman–Crippen LogP) is -0.586. The molecule has 1 aromatic rings. The lowest BCUT2D eigenvalue weighted by Gasteiger charge is -2.10. The first kappa shape index (κ1) is 14.6. The van der Waals surface area contributed by atoms with E-state index in [0.717, 1.165) is 0 Å². The van der Waals surface area contributed by atoms with Crippen molar-refractivity contribution in [3.05, 3.63) is 18.2 Å². The number of nitrogens with one attached hydrogen (secondary N) is 2. The van der Waals surface area contributed by atoms with Gasteiger partial charge in [-0.3, -0.25) is 0 Å². The van der Waals surface area contributed by atoms with Gasteiger partial charge in [0, 0.05) is 25.3 Å². The van der Waals surface area contributed by atoms with Gasteiger partial charge in [-0.15, -0.1) is 0 Å². The first-order valence-electron chi connectivity index (χ1n) is 5.32. The fraction of sp³-hybridized carbons (Fsp3) is 0.556. The Morgan fingerprint density at radius 1 is 1.56 bits per heavy atom. The van der Waals surface area contributed by atoms with Gasteiger partial charge in [-0.05, 0) is 13.8 Å². The van der Waals surface area contributed by atoms with Crippen LogP contribution < -0.4 is 9.44 Å². The van der Waals surface area contributed by atoms with Crippen LogP contribution in [0.5, 0.6) is 0 Å². The molecule has 0 fully saturated rings. The summed E-state index contributed by atoms with van der Waals surface area (Å²) in [5.41, 5.74) is -0.0711. The van der Waals surface area contributed by atoms with Crippen molar-refractivity contribution in [2.24, 2.45) is 0 Å². The van der Waals surface area contributed by atoms with Crippen molar-refractivity contribution < 1.29 is 18.3 Å². The van der Waals surface area contributed by atoms with Gasteiger partial charge in [0.1, 0.15) is 0 Å². The maximum atomic E-state index is 11.4. The standard InChI is InChI=1S/C9H16N4O4S/c1-7(2)12-18(16,17)11-3-4-13-5-8(9(14)15)10-6-13/h5-7,11-12H,3-4H2,1-2H3,(H,14,15). The molecule has 0 spiro atoms. The molecule has 0 bridgehead atoms. The van der Waals surface area contributed by atoms with Crippen molar-refractivity contribution in [1.82, 2.24) is 19.0 Å². The molecule has 1 rings (SSSR count). The average molecular weight is 276 g/mol. The van der Waals surface area contributed by atoms with Gasteiger partial charge in [0.05, 0.1) is 6.33 Å². The van der Waals surface area contributed by atoms with Crippen LogP contribution in [0.2, 0.25) is 0 Å². The minimum absolute atomic E-state index is 0.0711. The molecule has 3 N–H and O–H groups in total. The zero-order valence-corrected chi connectivity index (χ0v) is 10.9. The predicted molar refractivity (Wildman–Crippen MR) is 64.4 cm³/mol. The third kappa shape index (κ3) is 4.82. The highest BCUT2D eigenvalue weighted by atomic mass is 32.2. The number of hydrogen-bond donors (Lipinski definition) is 3. The molecular weight excluding hydrogens is 260 g/mol. The van der Waals surface area contributed by atoms with Crippen molar-refractivity contribution in [3.63, 3.8) is 0 Å². The minimum Gasteiger partial charge on any atom is -0.476 e. The SMILES string of the molecule is CC(C)NS(=O)(=O)NCCn1cnc(C(=O)O)c1. The highest BCUT2D eigenvalue weighted by molar-refractivity contribution is 7.87. The van der Waals surface area contributed by atoms with Gasteiger partial charge >= 0.3 is 5.97 Å². The molecule has 0 aliphatic rings. The topological polar surface area (TPSA) is 113 Å². The summed E-state index contributed by atoms with van der Waals surface area (Å²) in [6.07, 6.45) is 2.68. The number of carboxylic acids is 1. The maximum Gasteiger partial charge on any atom is 0.356 e. The highest BCUT2D eigenvalue weighted by Crippen LogP contribution is 1.95. The van der Waals surface area contributed by atoms with E-state index in [1.54, 1.807) is 13.8 Å². The summed E-state index contributed by atoms with van der Waals surface area (Å²) in [4.78, 5) is 14.2. The Labute approximate surface area is 105 Å². The first-order chi connectivity index (χ1) is 8.30. The molecule has 0 unspecified atom stereocenters. The van der Waals surface area contributed by atoms with Crippen LogP contribution >= 0.6 is 0 Å². The molecule has 9 heteroatoms. The number of rotatable bonds is 7. The van der Waals surface area contributed by atoms with Gasteiger partial charge in [0.2, 0.25) is 0 Å². The second kappa shape index (κ2) is 5.94. The number of nitrogens with zero attached hydrogens (tertiary/aromatic N) is 2. The van der Waals surface area contributed by atoms with Crippen LogP contribution in [0.1, 0.15) is 24.3 Å². The Hall–Kier alpha value is -1.45. The van der Waals surface area contributed by atoms with Crippen molar-refractivity contribution >= 4 is 16.2 Å². The van der Waals surface area contributed by atoms with E-state index in [-0.39, 0.29) is 18.3 Å². The van der Waals surface area contributed by atoms with Gasteiger partial charge in [-0.1, -0.05) is 0 Å². The van der Waals surface area contributed by atoms with Crippen molar-refractivity contribution in [2.75, 3.05) is 6.54 Å². The fourth-order valence-corrected chi connectivity index (χ4v) is 2.32. The molecule has 102 valence electrons. The van der Waals surface area contributed by atoms with Crippen LogP contribution in [0.3, 0.4) is 0 Å². The molecule has 0 saturated heterocycles. The monoisotopic (exact) mass is 276 g/mol. The van der Waals surface area contributed by atoms with Gasteiger partial charge in [-0.2, -0.15) is 13.1 Å². The van der Waals surface area contributed by atoms with Crippen molar-refractivity contribution in [3.8, 4) is 0 Å². The number of aromatic carboxylic acids is 1. The lowest BCUT2D eigenvalue weighted by molar-refractivity contribution is 0.0691. The summed E-state index contributed by atoms with van der Waals surface area (Å²) in [5, 5.41) is 8.65. The quantitative estimate of drug-likeness (QED) is 0.616. The summed E-state index contributed by atoms with van der Waals surface area (Å²) in [7, 11) is -3.51. The normalized spacial score (nSPS) is 11.9. The van der Waals surface area contributed by atoms with Crippen molar-refractivity contribution in [2.45, 2.75) is 26.4 Å². The highest BCUT2D eigenvalue weighted by Gasteiger charge is 2.11. The largest absolute Gasteiger partial charge is 0.476 e. The summed E-state index contributed by atoms with van der Waals surface area (Å²) in [6, 6.07) is -0.186. The van der Waals surface area contributed by atoms with Crippen LogP contribution in [0.4, 0.5) is 0 Å². The third-order valence-corrected chi connectivity index (χ3v) is 3.27. The second-order valence-electron chi connectivity index (χ2n) is 3.97. The molecule has 0 aliphatic carbocycles. The average Bonchev–Trinajstić information content (AvgIpc) is 2.63. The zero-order chi connectivity index (χ0) is 13.8. The molecule has 0 radical (unpaired) electrons. The Bertz CT molecular complexity index is 508. The van der Waals surface area contributed by atoms with Crippen LogP contribution in [0.25, 0.3) is 0 Å². The Morgan fingerprint density at radius 2 is 2.22 bits per heavy atom. The lowest BCUT2D eigenvalue weighted by atomic mass is 10.4. The van der Waals surface area contributed by atoms with E-state index in [0.29, 0.717) is 6.54 Å². The van der Waals surface area contributed by atoms with Gasteiger partial charge in [0.25, 0.3) is 10.2 Å². The molecular formula is C9H16N4O4S. The number of carboxylic acid groups (broad SMARTS) is 1. The molecule has 8 nitrogen and oxygen atoms in total. The van der Waals surface area contributed by atoms with Crippen molar-refractivity contribution in [1.29, 1.82) is 0 Å². The number of aromatic nitrogens is 2.